The van der Waals surface area contributed by atoms with Crippen molar-refractivity contribution in [1.82, 2.24) is 19.5 Å². The number of hydrogen-bond donors (Lipinski definition) is 2. The van der Waals surface area contributed by atoms with Crippen molar-refractivity contribution in [2.45, 2.75) is 44.4 Å². The molecule has 3 rings (SSSR count). The van der Waals surface area contributed by atoms with Crippen molar-refractivity contribution in [2.75, 3.05) is 12.3 Å². The van der Waals surface area contributed by atoms with E-state index >= 15 is 0 Å². The lowest BCUT2D eigenvalue weighted by Gasteiger charge is -2.29. The Labute approximate surface area is 127 Å². The molecule has 8 heteroatoms. The van der Waals surface area contributed by atoms with Gasteiger partial charge in [-0.1, -0.05) is 6.92 Å². The van der Waals surface area contributed by atoms with Gasteiger partial charge in [0.25, 0.3) is 0 Å². The minimum absolute atomic E-state index is 0.0394. The Hall–Kier alpha value is -2.06. The topological polar surface area (TPSA) is 116 Å². The number of Topliss-reactive ketones (excluding diaryl/α,β-unsaturated/α-hetero) is 1. The van der Waals surface area contributed by atoms with E-state index < -0.39 is 5.72 Å². The van der Waals surface area contributed by atoms with Crippen LogP contribution in [0.4, 0.5) is 5.82 Å². The Morgan fingerprint density at radius 1 is 1.55 bits per heavy atom. The molecule has 0 amide bonds. The molecule has 0 bridgehead atoms. The molecule has 0 aromatic carbocycles. The van der Waals surface area contributed by atoms with Crippen LogP contribution in [0.2, 0.25) is 0 Å². The SMILES string of the molecule is CCCC(=O)[C@]1(n2cnc3c(N)ncnc32)CC[C@@H](CO)O1. The molecule has 118 valence electrons. The standard InChI is InChI=1S/C14H19N5O3/c1-2-3-10(21)14(5-4-9(6-20)22-14)19-8-18-11-12(15)16-7-17-13(11)19/h7-9,20H,2-6H2,1H3,(H2,15,16,17)/t9-,14-/m0/s1. The molecule has 0 spiro atoms. The number of aliphatic hydroxyl groups is 1. The molecular weight excluding hydrogens is 286 g/mol. The largest absolute Gasteiger partial charge is 0.394 e. The van der Waals surface area contributed by atoms with Crippen LogP contribution in [-0.2, 0) is 15.3 Å². The highest BCUT2D eigenvalue weighted by Gasteiger charge is 2.48. The normalized spacial score (nSPS) is 24.9. The van der Waals surface area contributed by atoms with Gasteiger partial charge in [-0.05, 0) is 12.8 Å². The van der Waals surface area contributed by atoms with Crippen LogP contribution in [0.1, 0.15) is 32.6 Å². The van der Waals surface area contributed by atoms with Gasteiger partial charge < -0.3 is 15.6 Å². The molecule has 1 aliphatic rings. The van der Waals surface area contributed by atoms with Gasteiger partial charge in [-0.2, -0.15) is 0 Å². The summed E-state index contributed by atoms with van der Waals surface area (Å²) in [6.45, 7) is 1.82. The van der Waals surface area contributed by atoms with Crippen molar-refractivity contribution >= 4 is 22.8 Å². The van der Waals surface area contributed by atoms with Crippen molar-refractivity contribution in [3.05, 3.63) is 12.7 Å². The fourth-order valence-corrected chi connectivity index (χ4v) is 2.94. The quantitative estimate of drug-likeness (QED) is 0.830. The van der Waals surface area contributed by atoms with Gasteiger partial charge in [0.05, 0.1) is 19.0 Å². The number of nitrogen functional groups attached to an aromatic ring is 1. The molecular formula is C14H19N5O3. The average molecular weight is 305 g/mol. The van der Waals surface area contributed by atoms with Gasteiger partial charge in [-0.15, -0.1) is 0 Å². The molecule has 1 aliphatic heterocycles. The third-order valence-corrected chi connectivity index (χ3v) is 4.03. The summed E-state index contributed by atoms with van der Waals surface area (Å²) in [6, 6.07) is 0. The number of carbonyl (C=O) groups excluding carboxylic acids is 1. The number of ether oxygens (including phenoxy) is 1. The highest BCUT2D eigenvalue weighted by molar-refractivity contribution is 5.89. The van der Waals surface area contributed by atoms with Crippen LogP contribution in [0, 0.1) is 0 Å². The molecule has 0 unspecified atom stereocenters. The molecule has 0 aliphatic carbocycles. The van der Waals surface area contributed by atoms with E-state index in [1.54, 1.807) is 4.57 Å². The number of ketones is 1. The van der Waals surface area contributed by atoms with E-state index in [0.29, 0.717) is 30.4 Å². The van der Waals surface area contributed by atoms with Gasteiger partial charge in [0.2, 0.25) is 5.72 Å². The zero-order valence-corrected chi connectivity index (χ0v) is 12.4. The Balaban J connectivity index is 2.13. The number of nitrogens with two attached hydrogens (primary N) is 1. The summed E-state index contributed by atoms with van der Waals surface area (Å²) in [4.78, 5) is 25.1. The second-order valence-electron chi connectivity index (χ2n) is 5.46. The summed E-state index contributed by atoms with van der Waals surface area (Å²) in [5, 5.41) is 9.36. The smallest absolute Gasteiger partial charge is 0.207 e. The second-order valence-corrected chi connectivity index (χ2v) is 5.46. The zero-order valence-electron chi connectivity index (χ0n) is 12.4. The molecule has 3 N–H and O–H groups in total. The van der Waals surface area contributed by atoms with Crippen LogP contribution in [0.5, 0.6) is 0 Å². The van der Waals surface area contributed by atoms with E-state index in [-0.39, 0.29) is 24.3 Å². The second kappa shape index (κ2) is 5.62. The molecule has 2 aromatic heterocycles. The van der Waals surface area contributed by atoms with Crippen molar-refractivity contribution in [1.29, 1.82) is 0 Å². The van der Waals surface area contributed by atoms with E-state index in [2.05, 4.69) is 15.0 Å². The molecule has 0 radical (unpaired) electrons. The number of fused-ring (bicyclic) bond motifs is 1. The van der Waals surface area contributed by atoms with Crippen LogP contribution in [0.15, 0.2) is 12.7 Å². The number of nitrogens with zero attached hydrogens (tertiary/aromatic N) is 4. The minimum atomic E-state index is -1.17. The van der Waals surface area contributed by atoms with Gasteiger partial charge in [-0.25, -0.2) is 15.0 Å². The van der Waals surface area contributed by atoms with E-state index in [9.17, 15) is 9.90 Å². The van der Waals surface area contributed by atoms with Crippen LogP contribution in [0.3, 0.4) is 0 Å². The monoisotopic (exact) mass is 305 g/mol. The lowest BCUT2D eigenvalue weighted by molar-refractivity contribution is -0.159. The maximum atomic E-state index is 12.7. The first-order chi connectivity index (χ1) is 10.6. The van der Waals surface area contributed by atoms with Gasteiger partial charge >= 0.3 is 0 Å². The fraction of sp³-hybridized carbons (Fsp3) is 0.571. The number of anilines is 1. The molecule has 8 nitrogen and oxygen atoms in total. The number of rotatable bonds is 5. The highest BCUT2D eigenvalue weighted by Crippen LogP contribution is 2.38. The van der Waals surface area contributed by atoms with Crippen LogP contribution in [-0.4, -0.2) is 43.1 Å². The summed E-state index contributed by atoms with van der Waals surface area (Å²) in [7, 11) is 0. The molecule has 22 heavy (non-hydrogen) atoms. The Bertz CT molecular complexity index is 701. The summed E-state index contributed by atoms with van der Waals surface area (Å²) in [6.07, 6.45) is 4.68. The summed E-state index contributed by atoms with van der Waals surface area (Å²) < 4.78 is 7.56. The van der Waals surface area contributed by atoms with Crippen molar-refractivity contribution in [3.63, 3.8) is 0 Å². The molecule has 2 aromatic rings. The van der Waals surface area contributed by atoms with Crippen molar-refractivity contribution in [2.24, 2.45) is 0 Å². The van der Waals surface area contributed by atoms with Gasteiger partial charge in [0.15, 0.2) is 17.2 Å². The number of imidazole rings is 1. The lowest BCUT2D eigenvalue weighted by atomic mass is 10.00. The van der Waals surface area contributed by atoms with Crippen LogP contribution < -0.4 is 5.73 Å². The van der Waals surface area contributed by atoms with E-state index in [4.69, 9.17) is 10.5 Å². The van der Waals surface area contributed by atoms with E-state index in [1.165, 1.54) is 12.7 Å². The Kier molecular flexibility index (Phi) is 3.79. The zero-order chi connectivity index (χ0) is 15.7. The number of aromatic nitrogens is 4. The fourth-order valence-electron chi connectivity index (χ4n) is 2.94. The van der Waals surface area contributed by atoms with Gasteiger partial charge in [0.1, 0.15) is 11.8 Å². The molecule has 2 atom stereocenters. The first kappa shape index (κ1) is 14.9. The number of hydrogen-bond acceptors (Lipinski definition) is 7. The summed E-state index contributed by atoms with van der Waals surface area (Å²) >= 11 is 0. The molecule has 3 heterocycles. The third kappa shape index (κ3) is 2.15. The summed E-state index contributed by atoms with van der Waals surface area (Å²) in [5.74, 6) is 0.223. The van der Waals surface area contributed by atoms with Gasteiger partial charge in [-0.3, -0.25) is 9.36 Å². The Morgan fingerprint density at radius 2 is 2.36 bits per heavy atom. The predicted molar refractivity (Wildman–Crippen MR) is 78.8 cm³/mol. The van der Waals surface area contributed by atoms with Crippen molar-refractivity contribution in [3.8, 4) is 0 Å². The third-order valence-electron chi connectivity index (χ3n) is 4.03. The highest BCUT2D eigenvalue weighted by atomic mass is 16.5. The maximum Gasteiger partial charge on any atom is 0.207 e. The van der Waals surface area contributed by atoms with E-state index in [1.807, 2.05) is 6.92 Å². The molecule has 1 saturated heterocycles. The average Bonchev–Trinajstić information content (AvgIpc) is 3.12. The maximum absolute atomic E-state index is 12.7. The molecule has 1 fully saturated rings. The van der Waals surface area contributed by atoms with Gasteiger partial charge in [0, 0.05) is 12.8 Å². The predicted octanol–water partition coefficient (Wildman–Crippen LogP) is 0.602. The first-order valence-electron chi connectivity index (χ1n) is 7.38. The van der Waals surface area contributed by atoms with E-state index in [0.717, 1.165) is 6.42 Å². The lowest BCUT2D eigenvalue weighted by Crippen LogP contribution is -2.42. The van der Waals surface area contributed by atoms with Crippen LogP contribution >= 0.6 is 0 Å². The van der Waals surface area contributed by atoms with Crippen LogP contribution in [0.25, 0.3) is 11.2 Å². The number of aliphatic hydroxyl groups excluding tert-OH is 1. The summed E-state index contributed by atoms with van der Waals surface area (Å²) in [5.41, 5.74) is 5.55. The first-order valence-corrected chi connectivity index (χ1v) is 7.38. The minimum Gasteiger partial charge on any atom is -0.394 e. The van der Waals surface area contributed by atoms with Crippen molar-refractivity contribution < 1.29 is 14.6 Å². The number of carbonyl (C=O) groups is 1. The Morgan fingerprint density at radius 3 is 3.05 bits per heavy atom. The molecule has 0 saturated carbocycles.